The van der Waals surface area contributed by atoms with Gasteiger partial charge in [0.05, 0.1) is 6.61 Å². The number of carbonyl (C=O) groups excluding carboxylic acids is 1. The molecule has 2 fully saturated rings. The molecule has 1 N–H and O–H groups in total. The second-order valence-electron chi connectivity index (χ2n) is 7.87. The largest absolute Gasteiger partial charge is 0.423 e. The molecule has 1 saturated carbocycles. The van der Waals surface area contributed by atoms with Gasteiger partial charge in [-0.05, 0) is 37.8 Å². The predicted octanol–water partition coefficient (Wildman–Crippen LogP) is 3.63. The summed E-state index contributed by atoms with van der Waals surface area (Å²) < 4.78 is 11.2. The van der Waals surface area contributed by atoms with Crippen LogP contribution in [0.4, 0.5) is 6.01 Å². The van der Waals surface area contributed by atoms with Crippen LogP contribution in [0.25, 0.3) is 11.1 Å². The zero-order chi connectivity index (χ0) is 18.9. The highest BCUT2D eigenvalue weighted by molar-refractivity contribution is 6.31. The molecule has 27 heavy (non-hydrogen) atoms. The molecule has 1 aliphatic carbocycles. The van der Waals surface area contributed by atoms with E-state index in [0.29, 0.717) is 16.6 Å². The number of methoxy groups -OCH3 is 1. The van der Waals surface area contributed by atoms with Crippen LogP contribution in [-0.4, -0.2) is 44.2 Å². The van der Waals surface area contributed by atoms with Gasteiger partial charge in [0.25, 0.3) is 6.01 Å². The lowest BCUT2D eigenvalue weighted by atomic mass is 9.69. The Morgan fingerprint density at radius 3 is 2.85 bits per heavy atom. The highest BCUT2D eigenvalue weighted by Crippen LogP contribution is 2.40. The number of carbonyl (C=O) groups is 1. The van der Waals surface area contributed by atoms with Gasteiger partial charge in [-0.25, -0.2) is 0 Å². The monoisotopic (exact) mass is 391 g/mol. The number of aromatic nitrogens is 1. The van der Waals surface area contributed by atoms with Crippen molar-refractivity contribution in [3.05, 3.63) is 23.2 Å². The van der Waals surface area contributed by atoms with Crippen LogP contribution in [0.5, 0.6) is 0 Å². The van der Waals surface area contributed by atoms with Crippen molar-refractivity contribution < 1.29 is 13.9 Å². The molecule has 0 unspecified atom stereocenters. The fraction of sp³-hybridized carbons (Fsp3) is 0.600. The third-order valence-corrected chi connectivity index (χ3v) is 6.21. The van der Waals surface area contributed by atoms with Crippen LogP contribution in [0.15, 0.2) is 22.6 Å². The van der Waals surface area contributed by atoms with E-state index in [0.717, 1.165) is 57.4 Å². The van der Waals surface area contributed by atoms with Crippen molar-refractivity contribution in [1.82, 2.24) is 10.3 Å². The maximum absolute atomic E-state index is 12.6. The Morgan fingerprint density at radius 1 is 1.41 bits per heavy atom. The molecule has 0 radical (unpaired) electrons. The zero-order valence-electron chi connectivity index (χ0n) is 15.7. The second kappa shape index (κ2) is 7.68. The van der Waals surface area contributed by atoms with E-state index in [1.165, 1.54) is 6.42 Å². The van der Waals surface area contributed by atoms with Crippen molar-refractivity contribution in [1.29, 1.82) is 0 Å². The quantitative estimate of drug-likeness (QED) is 0.814. The molecule has 2 heterocycles. The van der Waals surface area contributed by atoms with E-state index in [9.17, 15) is 4.79 Å². The minimum atomic E-state index is 0.0553. The van der Waals surface area contributed by atoms with Gasteiger partial charge in [-0.2, -0.15) is 4.98 Å². The van der Waals surface area contributed by atoms with Crippen molar-refractivity contribution in [2.75, 3.05) is 38.3 Å². The number of nitrogens with one attached hydrogen (secondary N) is 1. The molecule has 0 spiro atoms. The summed E-state index contributed by atoms with van der Waals surface area (Å²) >= 11 is 6.01. The fourth-order valence-electron chi connectivity index (χ4n) is 4.13. The third kappa shape index (κ3) is 3.92. The topological polar surface area (TPSA) is 67.6 Å². The number of fused-ring (bicyclic) bond motifs is 1. The molecule has 1 aliphatic heterocycles. The number of piperidine rings is 1. The lowest BCUT2D eigenvalue weighted by Gasteiger charge is -2.41. The van der Waals surface area contributed by atoms with Crippen molar-refractivity contribution in [2.45, 2.75) is 32.1 Å². The number of oxazole rings is 1. The number of hydrogen-bond acceptors (Lipinski definition) is 5. The highest BCUT2D eigenvalue weighted by atomic mass is 35.5. The van der Waals surface area contributed by atoms with Gasteiger partial charge in [-0.15, -0.1) is 0 Å². The minimum Gasteiger partial charge on any atom is -0.423 e. The average Bonchev–Trinajstić information content (AvgIpc) is 3.06. The van der Waals surface area contributed by atoms with E-state index >= 15 is 0 Å². The number of anilines is 1. The Hall–Kier alpha value is -1.79. The summed E-state index contributed by atoms with van der Waals surface area (Å²) in [4.78, 5) is 19.2. The van der Waals surface area contributed by atoms with Crippen LogP contribution in [0.1, 0.15) is 32.1 Å². The summed E-state index contributed by atoms with van der Waals surface area (Å²) in [6, 6.07) is 6.07. The molecule has 1 aromatic carbocycles. The lowest BCUT2D eigenvalue weighted by molar-refractivity contribution is -0.126. The molecule has 146 valence electrons. The Labute approximate surface area is 164 Å². The van der Waals surface area contributed by atoms with Crippen LogP contribution < -0.4 is 10.2 Å². The Bertz CT molecular complexity index is 810. The third-order valence-electron chi connectivity index (χ3n) is 5.98. The molecule has 1 aromatic heterocycles. The molecule has 0 atom stereocenters. The van der Waals surface area contributed by atoms with Gasteiger partial charge in [0.1, 0.15) is 5.52 Å². The van der Waals surface area contributed by atoms with Gasteiger partial charge in [0.15, 0.2) is 5.58 Å². The summed E-state index contributed by atoms with van der Waals surface area (Å²) in [5.41, 5.74) is 1.66. The van der Waals surface area contributed by atoms with Crippen LogP contribution in [0.2, 0.25) is 5.02 Å². The first-order chi connectivity index (χ1) is 13.1. The number of amides is 1. The molecule has 2 aromatic rings. The Morgan fingerprint density at radius 2 is 2.19 bits per heavy atom. The summed E-state index contributed by atoms with van der Waals surface area (Å²) in [5, 5.41) is 3.81. The van der Waals surface area contributed by atoms with Gasteiger partial charge in [-0.3, -0.25) is 4.79 Å². The summed E-state index contributed by atoms with van der Waals surface area (Å²) in [5.74, 6) is 0.223. The first kappa shape index (κ1) is 18.6. The predicted molar refractivity (Wildman–Crippen MR) is 105 cm³/mol. The van der Waals surface area contributed by atoms with Crippen molar-refractivity contribution in [3.63, 3.8) is 0 Å². The first-order valence-corrected chi connectivity index (χ1v) is 10.0. The van der Waals surface area contributed by atoms with Crippen LogP contribution in [-0.2, 0) is 9.53 Å². The van der Waals surface area contributed by atoms with Gasteiger partial charge >= 0.3 is 0 Å². The molecule has 7 heteroatoms. The van der Waals surface area contributed by atoms with Crippen molar-refractivity contribution in [3.8, 4) is 0 Å². The number of nitrogens with zero attached hydrogens (tertiary/aromatic N) is 2. The van der Waals surface area contributed by atoms with Crippen molar-refractivity contribution in [2.24, 2.45) is 11.3 Å². The van der Waals surface area contributed by atoms with Crippen LogP contribution in [0, 0.1) is 11.3 Å². The van der Waals surface area contributed by atoms with E-state index in [4.69, 9.17) is 20.8 Å². The van der Waals surface area contributed by atoms with Gasteiger partial charge in [0, 0.05) is 49.2 Å². The highest BCUT2D eigenvalue weighted by Gasteiger charge is 2.38. The summed E-state index contributed by atoms with van der Waals surface area (Å²) in [7, 11) is 1.73. The maximum atomic E-state index is 12.6. The molecular formula is C20H26ClN3O3. The summed E-state index contributed by atoms with van der Waals surface area (Å²) in [6.45, 7) is 2.99. The van der Waals surface area contributed by atoms with E-state index in [-0.39, 0.29) is 17.2 Å². The van der Waals surface area contributed by atoms with Gasteiger partial charge < -0.3 is 19.4 Å². The first-order valence-electron chi connectivity index (χ1n) is 9.66. The smallest absolute Gasteiger partial charge is 0.298 e. The number of benzene rings is 1. The fourth-order valence-corrected chi connectivity index (χ4v) is 4.29. The average molecular weight is 392 g/mol. The number of hydrogen-bond donors (Lipinski definition) is 1. The standard InChI is InChI=1S/C20H26ClN3O3/c1-26-13-20(7-2-8-20)12-22-18(25)14-5-9-24(10-6-14)19-23-16-4-3-15(21)11-17(16)27-19/h3-4,11,14H,2,5-10,12-13H2,1H3,(H,22,25). The molecule has 2 aliphatic rings. The SMILES string of the molecule is COCC1(CNC(=O)C2CCN(c3nc4ccc(Cl)cc4o3)CC2)CCC1. The number of halogens is 1. The maximum Gasteiger partial charge on any atom is 0.298 e. The molecular weight excluding hydrogens is 366 g/mol. The summed E-state index contributed by atoms with van der Waals surface area (Å²) in [6.07, 6.45) is 5.13. The molecule has 1 saturated heterocycles. The van der Waals surface area contributed by atoms with E-state index < -0.39 is 0 Å². The normalized spacial score (nSPS) is 19.9. The molecule has 0 bridgehead atoms. The Balaban J connectivity index is 1.30. The van der Waals surface area contributed by atoms with Crippen LogP contribution >= 0.6 is 11.6 Å². The van der Waals surface area contributed by atoms with E-state index in [2.05, 4.69) is 15.2 Å². The van der Waals surface area contributed by atoms with E-state index in [1.807, 2.05) is 12.1 Å². The lowest BCUT2D eigenvalue weighted by Crippen LogP contribution is -2.48. The van der Waals surface area contributed by atoms with Crippen molar-refractivity contribution >= 4 is 34.6 Å². The Kier molecular flexibility index (Phi) is 5.28. The minimum absolute atomic E-state index is 0.0553. The molecule has 1 amide bonds. The van der Waals surface area contributed by atoms with Crippen LogP contribution in [0.3, 0.4) is 0 Å². The number of rotatable bonds is 6. The van der Waals surface area contributed by atoms with Gasteiger partial charge in [-0.1, -0.05) is 18.0 Å². The second-order valence-corrected chi connectivity index (χ2v) is 8.31. The molecule has 6 nitrogen and oxygen atoms in total. The number of ether oxygens (including phenoxy) is 1. The molecule has 4 rings (SSSR count). The van der Waals surface area contributed by atoms with E-state index in [1.54, 1.807) is 13.2 Å². The van der Waals surface area contributed by atoms with Gasteiger partial charge in [0.2, 0.25) is 5.91 Å². The zero-order valence-corrected chi connectivity index (χ0v) is 16.4.